The van der Waals surface area contributed by atoms with E-state index < -0.39 is 0 Å². The molecular formula is DyGa6. The predicted molar refractivity (Wildman–Crippen MR) is 34.5 cm³/mol. The fourth-order valence-electron chi connectivity index (χ4n) is 0. The molecule has 0 fully saturated rings. The molecule has 0 heterocycles. The normalized spacial score (nSPS) is 0. The Morgan fingerprint density at radius 2 is 0.286 bits per heavy atom. The third kappa shape index (κ3) is 35.4. The fraction of sp³-hybridized carbons (Fsp3) is 0. The average molecular weight is 581 g/mol. The Morgan fingerprint density at radius 3 is 0.286 bits per heavy atom. The molecule has 18 radical (unpaired) electrons. The smallest absolute Gasteiger partial charge is 0 e. The van der Waals surface area contributed by atoms with Gasteiger partial charge in [-0.1, -0.05) is 0 Å². The van der Waals surface area contributed by atoms with Crippen molar-refractivity contribution in [1.82, 2.24) is 0 Å². The van der Waals surface area contributed by atoms with E-state index in [0.29, 0.717) is 0 Å². The molecule has 7 heavy (non-hydrogen) atoms. The van der Waals surface area contributed by atoms with Gasteiger partial charge in [-0.3, -0.25) is 0 Å². The van der Waals surface area contributed by atoms with E-state index in [1.165, 1.54) is 0 Å². The van der Waals surface area contributed by atoms with Crippen molar-refractivity contribution in [2.75, 3.05) is 0 Å². The maximum absolute atomic E-state index is 0. The average Bonchev–Trinajstić information content (AvgIpc) is 0. The van der Waals surface area contributed by atoms with Crippen LogP contribution in [0, 0.1) is 38.2 Å². The Hall–Kier alpha value is 5.09. The summed E-state index contributed by atoms with van der Waals surface area (Å²) in [4.78, 5) is 0. The Kier molecular flexibility index (Phi) is 357. The maximum Gasteiger partial charge on any atom is 0 e. The molecule has 0 unspecified atom stereocenters. The summed E-state index contributed by atoms with van der Waals surface area (Å²) in [7, 11) is 0. The molecule has 0 saturated heterocycles. The first-order chi connectivity index (χ1) is 0. The van der Waals surface area contributed by atoms with E-state index in [1.54, 1.807) is 0 Å². The van der Waals surface area contributed by atoms with Gasteiger partial charge in [0.2, 0.25) is 0 Å². The zero-order valence-corrected chi connectivity index (χ0v) is 20.3. The van der Waals surface area contributed by atoms with Gasteiger partial charge in [0.25, 0.3) is 0 Å². The molecule has 0 aliphatic heterocycles. The molecule has 0 bridgehead atoms. The monoisotopic (exact) mass is 577 g/mol. The zero-order valence-electron chi connectivity index (χ0n) is 3.78. The Labute approximate surface area is 153 Å². The Bertz CT molecular complexity index is 4.14. The Morgan fingerprint density at radius 1 is 0.286 bits per heavy atom. The summed E-state index contributed by atoms with van der Waals surface area (Å²) < 4.78 is 0. The second kappa shape index (κ2) is 43.6. The number of rotatable bonds is 0. The van der Waals surface area contributed by atoms with E-state index in [9.17, 15) is 0 Å². The Balaban J connectivity index is 0. The SMILES string of the molecule is [Dy].[Ga].[Ga].[Ga].[Ga].[Ga].[Ga]. The first-order valence-electron chi connectivity index (χ1n) is 0. The van der Waals surface area contributed by atoms with Crippen molar-refractivity contribution >= 4 is 119 Å². The van der Waals surface area contributed by atoms with Crippen molar-refractivity contribution in [2.45, 2.75) is 0 Å². The van der Waals surface area contributed by atoms with Crippen LogP contribution in [-0.2, 0) is 0 Å². The predicted octanol–water partition coefficient (Wildman–Crippen LogP) is -2.28. The van der Waals surface area contributed by atoms with Gasteiger partial charge in [-0.15, -0.1) is 0 Å². The first kappa shape index (κ1) is 57.4. The summed E-state index contributed by atoms with van der Waals surface area (Å²) in [5.74, 6) is 0. The molecule has 0 aromatic heterocycles. The molecule has 0 aliphatic rings. The van der Waals surface area contributed by atoms with Crippen LogP contribution in [0.15, 0.2) is 0 Å². The minimum atomic E-state index is 0. The molecule has 0 nitrogen and oxygen atoms in total. The van der Waals surface area contributed by atoms with Crippen molar-refractivity contribution in [1.29, 1.82) is 0 Å². The summed E-state index contributed by atoms with van der Waals surface area (Å²) >= 11 is 0. The van der Waals surface area contributed by atoms with Gasteiger partial charge in [-0.25, -0.2) is 0 Å². The minimum absolute atomic E-state index is 0. The summed E-state index contributed by atoms with van der Waals surface area (Å²) in [6, 6.07) is 0. The fourth-order valence-corrected chi connectivity index (χ4v) is 0. The third-order valence-corrected chi connectivity index (χ3v) is 0. The summed E-state index contributed by atoms with van der Waals surface area (Å²) in [6.07, 6.45) is 0. The topological polar surface area (TPSA) is 0 Å². The zero-order chi connectivity index (χ0) is 0. The molecule has 7 heteroatoms. The van der Waals surface area contributed by atoms with Crippen molar-refractivity contribution < 1.29 is 38.2 Å². The van der Waals surface area contributed by atoms with Crippen LogP contribution in [0.2, 0.25) is 0 Å². The van der Waals surface area contributed by atoms with E-state index in [0.717, 1.165) is 0 Å². The van der Waals surface area contributed by atoms with Gasteiger partial charge >= 0.3 is 0 Å². The largest absolute Gasteiger partial charge is 0 e. The van der Waals surface area contributed by atoms with Crippen LogP contribution in [0.4, 0.5) is 0 Å². The van der Waals surface area contributed by atoms with Crippen molar-refractivity contribution in [3.8, 4) is 0 Å². The summed E-state index contributed by atoms with van der Waals surface area (Å²) in [6.45, 7) is 0. The maximum atomic E-state index is 0. The van der Waals surface area contributed by atoms with Gasteiger partial charge in [-0.05, 0) is 0 Å². The summed E-state index contributed by atoms with van der Waals surface area (Å²) in [5.41, 5.74) is 0. The molecule has 0 rings (SSSR count). The molecule has 0 amide bonds. The van der Waals surface area contributed by atoms with Crippen LogP contribution in [0.5, 0.6) is 0 Å². The van der Waals surface area contributed by atoms with Crippen LogP contribution in [-0.4, -0.2) is 119 Å². The van der Waals surface area contributed by atoms with E-state index in [1.807, 2.05) is 0 Å². The second-order valence-corrected chi connectivity index (χ2v) is 0. The van der Waals surface area contributed by atoms with Gasteiger partial charge < -0.3 is 0 Å². The molecule has 0 aromatic rings. The molecule has 28 valence electrons. The molecule has 0 N–H and O–H groups in total. The van der Waals surface area contributed by atoms with E-state index in [4.69, 9.17) is 0 Å². The van der Waals surface area contributed by atoms with E-state index >= 15 is 0 Å². The minimum Gasteiger partial charge on any atom is 0 e. The van der Waals surface area contributed by atoms with E-state index in [-0.39, 0.29) is 157 Å². The van der Waals surface area contributed by atoms with Crippen LogP contribution in [0.1, 0.15) is 0 Å². The second-order valence-electron chi connectivity index (χ2n) is 0. The summed E-state index contributed by atoms with van der Waals surface area (Å²) in [5, 5.41) is 0. The number of hydrogen-bond donors (Lipinski definition) is 0. The van der Waals surface area contributed by atoms with Crippen LogP contribution in [0.3, 0.4) is 0 Å². The molecule has 0 spiro atoms. The first-order valence-corrected chi connectivity index (χ1v) is 0. The van der Waals surface area contributed by atoms with E-state index in [2.05, 4.69) is 0 Å². The molecule has 0 atom stereocenters. The molecule has 0 saturated carbocycles. The van der Waals surface area contributed by atoms with Gasteiger partial charge in [0.15, 0.2) is 0 Å². The van der Waals surface area contributed by atoms with Gasteiger partial charge in [0.1, 0.15) is 0 Å². The molecular weight excluding hydrogens is 581 g/mol. The van der Waals surface area contributed by atoms with Crippen LogP contribution < -0.4 is 0 Å². The van der Waals surface area contributed by atoms with Crippen LogP contribution in [0.25, 0.3) is 0 Å². The van der Waals surface area contributed by atoms with Crippen molar-refractivity contribution in [2.24, 2.45) is 0 Å². The van der Waals surface area contributed by atoms with Crippen molar-refractivity contribution in [3.05, 3.63) is 0 Å². The number of hydrogen-bond acceptors (Lipinski definition) is 0. The third-order valence-electron chi connectivity index (χ3n) is 0. The van der Waals surface area contributed by atoms with Crippen molar-refractivity contribution in [3.63, 3.8) is 0 Å². The van der Waals surface area contributed by atoms with Crippen LogP contribution >= 0.6 is 0 Å². The van der Waals surface area contributed by atoms with Gasteiger partial charge in [0.05, 0.1) is 0 Å². The quantitative estimate of drug-likeness (QED) is 0.284. The molecule has 0 aliphatic carbocycles. The standard InChI is InChI=1S/Dy.6Ga. The van der Waals surface area contributed by atoms with Gasteiger partial charge in [-0.2, -0.15) is 0 Å². The van der Waals surface area contributed by atoms with Gasteiger partial charge in [0, 0.05) is 157 Å². The molecule has 0 aromatic carbocycles.